The lowest BCUT2D eigenvalue weighted by atomic mass is 9.94. The largest absolute Gasteiger partial charge is 0.444 e. The Balaban J connectivity index is 1.77. The van der Waals surface area contributed by atoms with Crippen LogP contribution in [0.15, 0.2) is 18.2 Å². The van der Waals surface area contributed by atoms with E-state index in [4.69, 9.17) is 37.1 Å². The van der Waals surface area contributed by atoms with E-state index in [-0.39, 0.29) is 29.0 Å². The van der Waals surface area contributed by atoms with E-state index < -0.39 is 20.0 Å². The van der Waals surface area contributed by atoms with Gasteiger partial charge in [-0.1, -0.05) is 50.0 Å². The minimum absolute atomic E-state index is 0.0170. The molecule has 1 aromatic rings. The Morgan fingerprint density at radius 1 is 1.07 bits per heavy atom. The summed E-state index contributed by atoms with van der Waals surface area (Å²) in [5.41, 5.74) is 0.237. The van der Waals surface area contributed by atoms with E-state index in [0.29, 0.717) is 49.3 Å². The number of carbonyl (C=O) groups is 2. The van der Waals surface area contributed by atoms with E-state index in [1.54, 1.807) is 17.0 Å². The fraction of sp³-hybridized carbons (Fsp3) is 0.742. The molecule has 3 atom stereocenters. The van der Waals surface area contributed by atoms with E-state index in [1.807, 2.05) is 26.8 Å². The Hall–Kier alpha value is -1.36. The van der Waals surface area contributed by atoms with Crippen molar-refractivity contribution in [1.82, 2.24) is 15.1 Å². The van der Waals surface area contributed by atoms with Crippen molar-refractivity contribution in [3.63, 3.8) is 0 Å². The van der Waals surface area contributed by atoms with Crippen molar-refractivity contribution in [3.05, 3.63) is 33.8 Å². The van der Waals surface area contributed by atoms with Gasteiger partial charge in [0.25, 0.3) is 0 Å². The van der Waals surface area contributed by atoms with Crippen LogP contribution in [-0.4, -0.2) is 87.7 Å². The SMILES string of the molecule is CC(C)(C)OC(=O)N1CCO[C@@H](c2ccc(Cl)c(Cl)c2)[C@H](CNC(=O)[C@@H](CCO[Si](C)(C)C(C)(C)C)N2CCCC2)C1. The van der Waals surface area contributed by atoms with E-state index in [1.165, 1.54) is 0 Å². The molecule has 2 amide bonds. The summed E-state index contributed by atoms with van der Waals surface area (Å²) in [6.45, 7) is 20.5. The Bertz CT molecular complexity index is 1070. The third-order valence-corrected chi connectivity index (χ3v) is 13.8. The molecule has 3 rings (SSSR count). The number of halogens is 2. The van der Waals surface area contributed by atoms with Gasteiger partial charge in [-0.15, -0.1) is 0 Å². The standard InChI is InChI=1S/C31H51Cl2N3O5Si/c1-30(2,3)41-29(38)36-16-18-39-27(22-11-12-24(32)25(33)19-22)23(21-36)20-34-28(37)26(35-14-9-10-15-35)13-17-40-42(7,8)31(4,5)6/h11-12,19,23,26-27H,9-10,13-18,20-21H2,1-8H3,(H,34,37)/t23-,26-,27+/m1/s1. The lowest BCUT2D eigenvalue weighted by Crippen LogP contribution is -2.49. The molecule has 2 aliphatic heterocycles. The van der Waals surface area contributed by atoms with Crippen molar-refractivity contribution in [2.75, 3.05) is 45.9 Å². The molecule has 1 aromatic carbocycles. The minimum atomic E-state index is -1.92. The number of amides is 2. The van der Waals surface area contributed by atoms with Gasteiger partial charge >= 0.3 is 6.09 Å². The summed E-state index contributed by atoms with van der Waals surface area (Å²) >= 11 is 12.6. The summed E-state index contributed by atoms with van der Waals surface area (Å²) in [5.74, 6) is -0.249. The molecule has 238 valence electrons. The summed E-state index contributed by atoms with van der Waals surface area (Å²) < 4.78 is 18.4. The summed E-state index contributed by atoms with van der Waals surface area (Å²) in [6.07, 6.45) is 2.04. The zero-order chi connectivity index (χ0) is 31.3. The molecule has 0 aliphatic carbocycles. The number of hydrogen-bond acceptors (Lipinski definition) is 6. The Labute approximate surface area is 263 Å². The first-order valence-corrected chi connectivity index (χ1v) is 18.8. The molecule has 0 saturated carbocycles. The van der Waals surface area contributed by atoms with Crippen molar-refractivity contribution in [1.29, 1.82) is 0 Å². The molecule has 0 bridgehead atoms. The maximum Gasteiger partial charge on any atom is 0.410 e. The van der Waals surface area contributed by atoms with Crippen molar-refractivity contribution in [3.8, 4) is 0 Å². The van der Waals surface area contributed by atoms with Gasteiger partial charge < -0.3 is 24.1 Å². The van der Waals surface area contributed by atoms with E-state index in [2.05, 4.69) is 44.1 Å². The summed E-state index contributed by atoms with van der Waals surface area (Å²) in [4.78, 5) is 30.8. The number of likely N-dealkylation sites (tertiary alicyclic amines) is 1. The second-order valence-electron chi connectivity index (χ2n) is 14.1. The number of nitrogens with one attached hydrogen (secondary N) is 1. The van der Waals surface area contributed by atoms with Crippen LogP contribution < -0.4 is 5.32 Å². The molecule has 42 heavy (non-hydrogen) atoms. The van der Waals surface area contributed by atoms with Gasteiger partial charge in [0, 0.05) is 32.2 Å². The van der Waals surface area contributed by atoms with Gasteiger partial charge in [0.2, 0.25) is 5.91 Å². The quantitative estimate of drug-likeness (QED) is 0.295. The van der Waals surface area contributed by atoms with Crippen LogP contribution in [-0.2, 0) is 18.7 Å². The number of benzene rings is 1. The molecule has 2 saturated heterocycles. The zero-order valence-corrected chi connectivity index (χ0v) is 29.2. The third kappa shape index (κ3) is 9.82. The van der Waals surface area contributed by atoms with Gasteiger partial charge in [-0.2, -0.15) is 0 Å². The summed E-state index contributed by atoms with van der Waals surface area (Å²) in [6, 6.07) is 5.18. The second kappa shape index (κ2) is 14.6. The first-order valence-electron chi connectivity index (χ1n) is 15.2. The fourth-order valence-electron chi connectivity index (χ4n) is 5.14. The smallest absolute Gasteiger partial charge is 0.410 e. The fourth-order valence-corrected chi connectivity index (χ4v) is 6.51. The number of nitrogens with zero attached hydrogens (tertiary/aromatic N) is 2. The van der Waals surface area contributed by atoms with Crippen molar-refractivity contribution < 1.29 is 23.5 Å². The molecule has 0 aromatic heterocycles. The Kier molecular flexibility index (Phi) is 12.2. The average Bonchev–Trinajstić information content (AvgIpc) is 3.31. The van der Waals surface area contributed by atoms with Crippen LogP contribution in [0.2, 0.25) is 28.2 Å². The second-order valence-corrected chi connectivity index (χ2v) is 19.7. The van der Waals surface area contributed by atoms with Crippen LogP contribution in [0.25, 0.3) is 0 Å². The minimum Gasteiger partial charge on any atom is -0.444 e. The first kappa shape index (κ1) is 35.1. The highest BCUT2D eigenvalue weighted by molar-refractivity contribution is 6.74. The van der Waals surface area contributed by atoms with E-state index in [0.717, 1.165) is 31.5 Å². The number of carbonyl (C=O) groups excluding carboxylic acids is 2. The molecule has 0 unspecified atom stereocenters. The van der Waals surface area contributed by atoms with Crippen LogP contribution in [0.4, 0.5) is 4.79 Å². The molecule has 2 fully saturated rings. The molecule has 1 N–H and O–H groups in total. The van der Waals surface area contributed by atoms with Gasteiger partial charge in [-0.3, -0.25) is 9.69 Å². The predicted octanol–water partition coefficient (Wildman–Crippen LogP) is 6.91. The zero-order valence-electron chi connectivity index (χ0n) is 26.7. The third-order valence-electron chi connectivity index (χ3n) is 8.55. The lowest BCUT2D eigenvalue weighted by Gasteiger charge is -2.37. The van der Waals surface area contributed by atoms with E-state index >= 15 is 0 Å². The van der Waals surface area contributed by atoms with Crippen molar-refractivity contribution in [2.45, 2.75) is 96.7 Å². The maximum absolute atomic E-state index is 13.8. The molecular weight excluding hydrogens is 593 g/mol. The van der Waals surface area contributed by atoms with Crippen molar-refractivity contribution >= 4 is 43.5 Å². The van der Waals surface area contributed by atoms with Gasteiger partial charge in [-0.25, -0.2) is 4.79 Å². The highest BCUT2D eigenvalue weighted by Crippen LogP contribution is 2.37. The van der Waals surface area contributed by atoms with Gasteiger partial charge in [0.1, 0.15) is 5.60 Å². The predicted molar refractivity (Wildman–Crippen MR) is 172 cm³/mol. The average molecular weight is 645 g/mol. The van der Waals surface area contributed by atoms with Gasteiger partial charge in [-0.05, 0) is 89.0 Å². The maximum atomic E-state index is 13.8. The molecule has 2 heterocycles. The van der Waals surface area contributed by atoms with Crippen LogP contribution in [0.1, 0.15) is 72.5 Å². The highest BCUT2D eigenvalue weighted by Gasteiger charge is 2.38. The molecule has 0 spiro atoms. The molecular formula is C31H51Cl2N3O5Si. The lowest BCUT2D eigenvalue weighted by molar-refractivity contribution is -0.127. The van der Waals surface area contributed by atoms with Crippen LogP contribution in [0.3, 0.4) is 0 Å². The molecule has 8 nitrogen and oxygen atoms in total. The summed E-state index contributed by atoms with van der Waals surface area (Å²) in [7, 11) is -1.92. The molecule has 11 heteroatoms. The highest BCUT2D eigenvalue weighted by atomic mass is 35.5. The number of rotatable bonds is 9. The van der Waals surface area contributed by atoms with Gasteiger partial charge in [0.05, 0.1) is 28.8 Å². The van der Waals surface area contributed by atoms with Crippen LogP contribution >= 0.6 is 23.2 Å². The number of hydrogen-bond donors (Lipinski definition) is 1. The van der Waals surface area contributed by atoms with Gasteiger partial charge in [0.15, 0.2) is 8.32 Å². The normalized spacial score (nSPS) is 21.6. The number of ether oxygens (including phenoxy) is 2. The molecule has 2 aliphatic rings. The topological polar surface area (TPSA) is 80.3 Å². The summed E-state index contributed by atoms with van der Waals surface area (Å²) in [5, 5.41) is 4.23. The van der Waals surface area contributed by atoms with Crippen LogP contribution in [0.5, 0.6) is 0 Å². The Morgan fingerprint density at radius 3 is 2.33 bits per heavy atom. The van der Waals surface area contributed by atoms with E-state index in [9.17, 15) is 9.59 Å². The first-order chi connectivity index (χ1) is 19.5. The van der Waals surface area contributed by atoms with Crippen LogP contribution in [0, 0.1) is 5.92 Å². The van der Waals surface area contributed by atoms with Crippen molar-refractivity contribution in [2.24, 2.45) is 5.92 Å². The molecule has 0 radical (unpaired) electrons. The monoisotopic (exact) mass is 643 g/mol. The Morgan fingerprint density at radius 2 is 1.74 bits per heavy atom.